The topological polar surface area (TPSA) is 101 Å². The largest absolute Gasteiger partial charge is 0.326 e. The van der Waals surface area contributed by atoms with Crippen molar-refractivity contribution >= 4 is 34.9 Å². The molecule has 7 nitrogen and oxygen atoms in total. The second-order valence-corrected chi connectivity index (χ2v) is 4.87. The number of hydrogen-bond acceptors (Lipinski definition) is 4. The van der Waals surface area contributed by atoms with Crippen LogP contribution in [0.2, 0.25) is 5.02 Å². The molecule has 0 heterocycles. The Morgan fingerprint density at radius 2 is 1.79 bits per heavy atom. The quantitative estimate of drug-likeness (QED) is 0.500. The third kappa shape index (κ3) is 4.02. The highest BCUT2D eigenvalue weighted by Gasteiger charge is 2.17. The molecule has 0 unspecified atom stereocenters. The second kappa shape index (κ2) is 7.01. The maximum absolute atomic E-state index is 13.1. The van der Waals surface area contributed by atoms with E-state index in [1.54, 1.807) is 0 Å². The van der Waals surface area contributed by atoms with Crippen LogP contribution >= 0.6 is 11.6 Å². The standard InChI is InChI=1S/C14H8ClF2N3O4/c15-10-6-12(17)11(16)5-9(10)13(21)19-14(22)18-7-2-1-3-8(4-7)20(23)24/h1-6H,(H2,18,19,21,22). The number of imide groups is 1. The van der Waals surface area contributed by atoms with Gasteiger partial charge in [0.15, 0.2) is 11.6 Å². The van der Waals surface area contributed by atoms with E-state index in [-0.39, 0.29) is 16.4 Å². The van der Waals surface area contributed by atoms with Gasteiger partial charge in [-0.05, 0) is 18.2 Å². The maximum atomic E-state index is 13.1. The summed E-state index contributed by atoms with van der Waals surface area (Å²) < 4.78 is 26.1. The molecule has 0 fully saturated rings. The van der Waals surface area contributed by atoms with Gasteiger partial charge in [-0.15, -0.1) is 0 Å². The Morgan fingerprint density at radius 3 is 2.46 bits per heavy atom. The van der Waals surface area contributed by atoms with Crippen LogP contribution in [0, 0.1) is 21.7 Å². The Morgan fingerprint density at radius 1 is 1.12 bits per heavy atom. The van der Waals surface area contributed by atoms with Crippen LogP contribution in [0.4, 0.5) is 25.0 Å². The zero-order chi connectivity index (χ0) is 17.9. The molecule has 0 bridgehead atoms. The van der Waals surface area contributed by atoms with Crippen molar-refractivity contribution < 1.29 is 23.3 Å². The fourth-order valence-corrected chi connectivity index (χ4v) is 1.96. The van der Waals surface area contributed by atoms with Crippen LogP contribution in [0.3, 0.4) is 0 Å². The van der Waals surface area contributed by atoms with E-state index in [4.69, 9.17) is 11.6 Å². The summed E-state index contributed by atoms with van der Waals surface area (Å²) in [5, 5.41) is 14.3. The number of non-ortho nitro benzene ring substituents is 1. The Hall–Kier alpha value is -3.07. The second-order valence-electron chi connectivity index (χ2n) is 4.46. The third-order valence-electron chi connectivity index (χ3n) is 2.80. The number of hydrogen-bond donors (Lipinski definition) is 2. The van der Waals surface area contributed by atoms with Gasteiger partial charge in [-0.2, -0.15) is 0 Å². The summed E-state index contributed by atoms with van der Waals surface area (Å²) in [6, 6.07) is 5.12. The zero-order valence-electron chi connectivity index (χ0n) is 11.7. The van der Waals surface area contributed by atoms with E-state index in [0.29, 0.717) is 12.1 Å². The number of urea groups is 1. The lowest BCUT2D eigenvalue weighted by atomic mass is 10.2. The first-order valence-electron chi connectivity index (χ1n) is 6.29. The molecule has 24 heavy (non-hydrogen) atoms. The van der Waals surface area contributed by atoms with Crippen molar-refractivity contribution in [1.82, 2.24) is 5.32 Å². The summed E-state index contributed by atoms with van der Waals surface area (Å²) in [6.45, 7) is 0. The SMILES string of the molecule is O=C(NC(=O)c1cc(F)c(F)cc1Cl)Nc1cccc([N+](=O)[O-])c1. The molecule has 2 N–H and O–H groups in total. The number of anilines is 1. The number of nitro groups is 1. The minimum atomic E-state index is -1.30. The van der Waals surface area contributed by atoms with Gasteiger partial charge in [0, 0.05) is 17.8 Å². The van der Waals surface area contributed by atoms with E-state index in [9.17, 15) is 28.5 Å². The van der Waals surface area contributed by atoms with Crippen molar-refractivity contribution in [3.8, 4) is 0 Å². The number of nitro benzene ring substituents is 1. The summed E-state index contributed by atoms with van der Waals surface area (Å²) >= 11 is 5.62. The number of halogens is 3. The molecule has 0 atom stereocenters. The molecule has 0 saturated carbocycles. The maximum Gasteiger partial charge on any atom is 0.326 e. The molecule has 0 radical (unpaired) electrons. The zero-order valence-corrected chi connectivity index (χ0v) is 12.4. The molecule has 0 saturated heterocycles. The van der Waals surface area contributed by atoms with Crippen LogP contribution < -0.4 is 10.6 Å². The first-order chi connectivity index (χ1) is 11.3. The van der Waals surface area contributed by atoms with E-state index >= 15 is 0 Å². The molecule has 2 aromatic rings. The number of carbonyl (C=O) groups is 2. The normalized spacial score (nSPS) is 10.1. The van der Waals surface area contributed by atoms with E-state index in [0.717, 1.165) is 6.07 Å². The van der Waals surface area contributed by atoms with Crippen LogP contribution in [0.25, 0.3) is 0 Å². The Kier molecular flexibility index (Phi) is 5.05. The van der Waals surface area contributed by atoms with Gasteiger partial charge in [0.05, 0.1) is 15.5 Å². The molecule has 0 aliphatic rings. The van der Waals surface area contributed by atoms with Crippen molar-refractivity contribution in [1.29, 1.82) is 0 Å². The van der Waals surface area contributed by atoms with Crippen molar-refractivity contribution in [2.75, 3.05) is 5.32 Å². The van der Waals surface area contributed by atoms with Gasteiger partial charge in [0.2, 0.25) is 0 Å². The highest BCUT2D eigenvalue weighted by atomic mass is 35.5. The van der Waals surface area contributed by atoms with Crippen molar-refractivity contribution in [2.24, 2.45) is 0 Å². The Bertz CT molecular complexity index is 845. The van der Waals surface area contributed by atoms with Gasteiger partial charge < -0.3 is 5.32 Å². The first kappa shape index (κ1) is 17.3. The minimum Gasteiger partial charge on any atom is -0.307 e. The number of nitrogens with one attached hydrogen (secondary N) is 2. The van der Waals surface area contributed by atoms with Crippen LogP contribution in [-0.4, -0.2) is 16.9 Å². The molecule has 10 heteroatoms. The molecule has 0 aromatic heterocycles. The Labute approximate surface area is 138 Å². The average Bonchev–Trinajstić information content (AvgIpc) is 2.50. The highest BCUT2D eigenvalue weighted by molar-refractivity contribution is 6.34. The van der Waals surface area contributed by atoms with E-state index < -0.39 is 34.1 Å². The first-order valence-corrected chi connectivity index (χ1v) is 6.67. The molecule has 2 aromatic carbocycles. The fourth-order valence-electron chi connectivity index (χ4n) is 1.73. The van der Waals surface area contributed by atoms with Gasteiger partial charge in [0.25, 0.3) is 11.6 Å². The summed E-state index contributed by atoms with van der Waals surface area (Å²) in [5.74, 6) is -3.61. The van der Waals surface area contributed by atoms with Gasteiger partial charge in [-0.3, -0.25) is 20.2 Å². The summed E-state index contributed by atoms with van der Waals surface area (Å²) in [4.78, 5) is 33.6. The van der Waals surface area contributed by atoms with Crippen LogP contribution in [-0.2, 0) is 0 Å². The van der Waals surface area contributed by atoms with Gasteiger partial charge >= 0.3 is 6.03 Å². The molecule has 3 amide bonds. The summed E-state index contributed by atoms with van der Waals surface area (Å²) in [5.41, 5.74) is -0.640. The molecular formula is C14H8ClF2N3O4. The minimum absolute atomic E-state index is 0.0610. The third-order valence-corrected chi connectivity index (χ3v) is 3.11. The number of carbonyl (C=O) groups excluding carboxylic acids is 2. The van der Waals surface area contributed by atoms with E-state index in [1.165, 1.54) is 18.2 Å². The summed E-state index contributed by atoms with van der Waals surface area (Å²) in [7, 11) is 0. The molecule has 0 spiro atoms. The lowest BCUT2D eigenvalue weighted by Crippen LogP contribution is -2.34. The number of benzene rings is 2. The Balaban J connectivity index is 2.10. The van der Waals surface area contributed by atoms with Crippen LogP contribution in [0.15, 0.2) is 36.4 Å². The molecule has 0 aliphatic heterocycles. The molecule has 2 rings (SSSR count). The smallest absolute Gasteiger partial charge is 0.307 e. The summed E-state index contributed by atoms with van der Waals surface area (Å²) in [6.07, 6.45) is 0. The van der Waals surface area contributed by atoms with E-state index in [1.807, 2.05) is 5.32 Å². The van der Waals surface area contributed by atoms with Crippen LogP contribution in [0.1, 0.15) is 10.4 Å². The average molecular weight is 356 g/mol. The van der Waals surface area contributed by atoms with E-state index in [2.05, 4.69) is 5.32 Å². The molecule has 124 valence electrons. The van der Waals surface area contributed by atoms with Crippen LogP contribution in [0.5, 0.6) is 0 Å². The van der Waals surface area contributed by atoms with Crippen molar-refractivity contribution in [3.05, 3.63) is 68.7 Å². The van der Waals surface area contributed by atoms with Gasteiger partial charge in [-0.25, -0.2) is 13.6 Å². The van der Waals surface area contributed by atoms with Gasteiger partial charge in [0.1, 0.15) is 0 Å². The predicted octanol–water partition coefficient (Wildman–Crippen LogP) is 3.49. The number of nitrogens with zero attached hydrogens (tertiary/aromatic N) is 1. The van der Waals surface area contributed by atoms with Gasteiger partial charge in [-0.1, -0.05) is 17.7 Å². The molecule has 0 aliphatic carbocycles. The monoisotopic (exact) mass is 355 g/mol. The van der Waals surface area contributed by atoms with Crippen molar-refractivity contribution in [2.45, 2.75) is 0 Å². The fraction of sp³-hybridized carbons (Fsp3) is 0. The highest BCUT2D eigenvalue weighted by Crippen LogP contribution is 2.20. The lowest BCUT2D eigenvalue weighted by Gasteiger charge is -2.08. The molecular weight excluding hydrogens is 348 g/mol. The predicted molar refractivity (Wildman–Crippen MR) is 80.9 cm³/mol. The number of rotatable bonds is 3. The van der Waals surface area contributed by atoms with Crippen molar-refractivity contribution in [3.63, 3.8) is 0 Å². The lowest BCUT2D eigenvalue weighted by molar-refractivity contribution is -0.384. The number of amides is 3.